The molecule has 0 aliphatic heterocycles. The summed E-state index contributed by atoms with van der Waals surface area (Å²) in [4.78, 5) is 23.3. The Hall–Kier alpha value is -1.78. The van der Waals surface area contributed by atoms with Crippen LogP contribution in [0.4, 0.5) is 0 Å². The monoisotopic (exact) mass is 238 g/mol. The second-order valence-electron chi connectivity index (χ2n) is 4.09. The van der Waals surface area contributed by atoms with E-state index in [4.69, 9.17) is 13.9 Å². The van der Waals surface area contributed by atoms with Gasteiger partial charge in [0.1, 0.15) is 0 Å². The summed E-state index contributed by atoms with van der Waals surface area (Å²) in [6, 6.07) is 0. The molecule has 1 aromatic heterocycles. The second kappa shape index (κ2) is 4.61. The van der Waals surface area contributed by atoms with E-state index >= 15 is 0 Å². The lowest BCUT2D eigenvalue weighted by atomic mass is 9.77. The Bertz CT molecular complexity index is 395. The number of ether oxygens (including phenoxy) is 2. The van der Waals surface area contributed by atoms with E-state index < -0.39 is 11.8 Å². The Morgan fingerprint density at radius 3 is 1.82 bits per heavy atom. The fourth-order valence-corrected chi connectivity index (χ4v) is 2.26. The van der Waals surface area contributed by atoms with Gasteiger partial charge < -0.3 is 13.9 Å². The van der Waals surface area contributed by atoms with E-state index in [1.807, 2.05) is 0 Å². The Morgan fingerprint density at radius 2 is 1.47 bits per heavy atom. The van der Waals surface area contributed by atoms with Crippen molar-refractivity contribution < 1.29 is 23.5 Å². The van der Waals surface area contributed by atoms with Crippen LogP contribution in [-0.2, 0) is 31.9 Å². The molecule has 1 aliphatic rings. The summed E-state index contributed by atoms with van der Waals surface area (Å²) < 4.78 is 14.5. The zero-order valence-corrected chi connectivity index (χ0v) is 9.76. The van der Waals surface area contributed by atoms with Gasteiger partial charge in [-0.3, -0.25) is 9.59 Å². The molecule has 0 N–H and O–H groups in total. The van der Waals surface area contributed by atoms with Crippen molar-refractivity contribution in [3.8, 4) is 0 Å². The number of carbonyl (C=O) groups is 2. The van der Waals surface area contributed by atoms with Crippen LogP contribution < -0.4 is 0 Å². The van der Waals surface area contributed by atoms with Gasteiger partial charge in [-0.15, -0.1) is 0 Å². The van der Waals surface area contributed by atoms with E-state index in [1.165, 1.54) is 14.2 Å². The molecule has 5 heteroatoms. The normalized spacial score (nSPS) is 22.7. The van der Waals surface area contributed by atoms with Gasteiger partial charge in [0, 0.05) is 0 Å². The Morgan fingerprint density at radius 1 is 1.06 bits per heavy atom. The van der Waals surface area contributed by atoms with Crippen LogP contribution in [0, 0.1) is 11.8 Å². The molecule has 0 unspecified atom stereocenters. The Balaban J connectivity index is 2.29. The summed E-state index contributed by atoms with van der Waals surface area (Å²) in [5.74, 6) is -1.74. The first-order valence-corrected chi connectivity index (χ1v) is 5.37. The zero-order valence-electron chi connectivity index (χ0n) is 9.76. The highest BCUT2D eigenvalue weighted by atomic mass is 16.5. The summed E-state index contributed by atoms with van der Waals surface area (Å²) in [5.41, 5.74) is 1.92. The van der Waals surface area contributed by atoms with Gasteiger partial charge in [-0.2, -0.15) is 0 Å². The van der Waals surface area contributed by atoms with Crippen LogP contribution in [0.15, 0.2) is 16.9 Å². The third-order valence-corrected chi connectivity index (χ3v) is 3.21. The van der Waals surface area contributed by atoms with Crippen LogP contribution in [-0.4, -0.2) is 26.2 Å². The lowest BCUT2D eigenvalue weighted by Gasteiger charge is -2.27. The van der Waals surface area contributed by atoms with E-state index in [0.29, 0.717) is 12.8 Å². The minimum Gasteiger partial charge on any atom is -0.472 e. The summed E-state index contributed by atoms with van der Waals surface area (Å²) in [6.07, 6.45) is 4.13. The SMILES string of the molecule is COC(=O)[C@H]1Cc2cocc2C[C@H]1C(=O)OC. The lowest BCUT2D eigenvalue weighted by molar-refractivity contribution is -0.158. The molecule has 0 saturated heterocycles. The van der Waals surface area contributed by atoms with Crippen molar-refractivity contribution >= 4 is 11.9 Å². The molecule has 92 valence electrons. The number of esters is 2. The van der Waals surface area contributed by atoms with E-state index in [2.05, 4.69) is 0 Å². The fourth-order valence-electron chi connectivity index (χ4n) is 2.26. The van der Waals surface area contributed by atoms with E-state index in [-0.39, 0.29) is 11.9 Å². The summed E-state index contributed by atoms with van der Waals surface area (Å²) in [5, 5.41) is 0. The van der Waals surface area contributed by atoms with Gasteiger partial charge in [-0.1, -0.05) is 0 Å². The molecule has 0 fully saturated rings. The maximum atomic E-state index is 11.7. The molecule has 1 aliphatic carbocycles. The van der Waals surface area contributed by atoms with Crippen molar-refractivity contribution in [2.45, 2.75) is 12.8 Å². The first-order valence-electron chi connectivity index (χ1n) is 5.37. The van der Waals surface area contributed by atoms with Gasteiger partial charge in [0.05, 0.1) is 38.6 Å². The molecule has 0 bridgehead atoms. The maximum Gasteiger partial charge on any atom is 0.309 e. The molecule has 0 radical (unpaired) electrons. The van der Waals surface area contributed by atoms with E-state index in [1.54, 1.807) is 12.5 Å². The molecule has 0 saturated carbocycles. The van der Waals surface area contributed by atoms with Crippen LogP contribution in [0.3, 0.4) is 0 Å². The number of carbonyl (C=O) groups excluding carboxylic acids is 2. The van der Waals surface area contributed by atoms with Crippen molar-refractivity contribution in [2.75, 3.05) is 14.2 Å². The number of methoxy groups -OCH3 is 2. The van der Waals surface area contributed by atoms with E-state index in [0.717, 1.165) is 11.1 Å². The molecule has 2 rings (SSSR count). The smallest absolute Gasteiger partial charge is 0.309 e. The van der Waals surface area contributed by atoms with Crippen molar-refractivity contribution in [3.63, 3.8) is 0 Å². The molecule has 0 amide bonds. The van der Waals surface area contributed by atoms with Gasteiger partial charge in [-0.25, -0.2) is 0 Å². The van der Waals surface area contributed by atoms with Crippen molar-refractivity contribution in [3.05, 3.63) is 23.7 Å². The topological polar surface area (TPSA) is 65.7 Å². The van der Waals surface area contributed by atoms with Crippen molar-refractivity contribution in [1.29, 1.82) is 0 Å². The number of hydrogen-bond acceptors (Lipinski definition) is 5. The molecule has 0 aromatic carbocycles. The predicted octanol–water partition coefficient (Wildman–Crippen LogP) is 0.957. The molecule has 5 nitrogen and oxygen atoms in total. The summed E-state index contributed by atoms with van der Waals surface area (Å²) in [6.45, 7) is 0. The zero-order chi connectivity index (χ0) is 12.4. The van der Waals surface area contributed by atoms with Crippen molar-refractivity contribution in [2.24, 2.45) is 11.8 Å². The summed E-state index contributed by atoms with van der Waals surface area (Å²) >= 11 is 0. The minimum absolute atomic E-state index is 0.382. The van der Waals surface area contributed by atoms with Crippen LogP contribution in [0.5, 0.6) is 0 Å². The highest BCUT2D eigenvalue weighted by Gasteiger charge is 2.40. The Labute approximate surface area is 98.7 Å². The van der Waals surface area contributed by atoms with Gasteiger partial charge in [-0.05, 0) is 24.0 Å². The molecule has 2 atom stereocenters. The van der Waals surface area contributed by atoms with Gasteiger partial charge in [0.25, 0.3) is 0 Å². The van der Waals surface area contributed by atoms with E-state index in [9.17, 15) is 9.59 Å². The third kappa shape index (κ3) is 2.05. The predicted molar refractivity (Wildman–Crippen MR) is 57.1 cm³/mol. The number of furan rings is 1. The van der Waals surface area contributed by atoms with Gasteiger partial charge >= 0.3 is 11.9 Å². The Kier molecular flexibility index (Phi) is 3.17. The highest BCUT2D eigenvalue weighted by molar-refractivity contribution is 5.83. The van der Waals surface area contributed by atoms with Gasteiger partial charge in [0.2, 0.25) is 0 Å². The molecule has 1 heterocycles. The molecule has 17 heavy (non-hydrogen) atoms. The van der Waals surface area contributed by atoms with Crippen LogP contribution in [0.25, 0.3) is 0 Å². The summed E-state index contributed by atoms with van der Waals surface area (Å²) in [7, 11) is 2.64. The third-order valence-electron chi connectivity index (χ3n) is 3.21. The highest BCUT2D eigenvalue weighted by Crippen LogP contribution is 2.32. The first-order chi connectivity index (χ1) is 8.17. The molecular formula is C12H14O5. The minimum atomic E-state index is -0.488. The average molecular weight is 238 g/mol. The fraction of sp³-hybridized carbons (Fsp3) is 0.500. The lowest BCUT2D eigenvalue weighted by Crippen LogP contribution is -2.37. The second-order valence-corrected chi connectivity index (χ2v) is 4.09. The van der Waals surface area contributed by atoms with Crippen molar-refractivity contribution in [1.82, 2.24) is 0 Å². The number of rotatable bonds is 2. The molecular weight excluding hydrogens is 224 g/mol. The molecule has 0 spiro atoms. The largest absolute Gasteiger partial charge is 0.472 e. The number of hydrogen-bond donors (Lipinski definition) is 0. The van der Waals surface area contributed by atoms with Crippen LogP contribution in [0.1, 0.15) is 11.1 Å². The van der Waals surface area contributed by atoms with Crippen LogP contribution >= 0.6 is 0 Å². The van der Waals surface area contributed by atoms with Crippen LogP contribution in [0.2, 0.25) is 0 Å². The average Bonchev–Trinajstić information content (AvgIpc) is 2.82. The number of fused-ring (bicyclic) bond motifs is 1. The van der Waals surface area contributed by atoms with Gasteiger partial charge in [0.15, 0.2) is 0 Å². The maximum absolute atomic E-state index is 11.7. The standard InChI is InChI=1S/C12H14O5/c1-15-11(13)9-3-7-5-17-6-8(7)4-10(9)12(14)16-2/h5-6,9-10H,3-4H2,1-2H3/t9-,10+. The molecule has 1 aromatic rings. The first kappa shape index (κ1) is 11.7. The quantitative estimate of drug-likeness (QED) is 0.718.